The van der Waals surface area contributed by atoms with Gasteiger partial charge in [-0.15, -0.1) is 0 Å². The molecule has 6 nitrogen and oxygen atoms in total. The van der Waals surface area contributed by atoms with Gasteiger partial charge in [-0.2, -0.15) is 5.26 Å². The van der Waals surface area contributed by atoms with E-state index in [9.17, 15) is 9.00 Å². The van der Waals surface area contributed by atoms with E-state index in [-0.39, 0.29) is 23.0 Å². The number of nitrogens with zero attached hydrogens (tertiary/aromatic N) is 1. The van der Waals surface area contributed by atoms with Gasteiger partial charge >= 0.3 is 0 Å². The largest absolute Gasteiger partial charge is 0.484 e. The van der Waals surface area contributed by atoms with Crippen molar-refractivity contribution in [2.75, 3.05) is 12.8 Å². The summed E-state index contributed by atoms with van der Waals surface area (Å²) in [6, 6.07) is 12.2. The van der Waals surface area contributed by atoms with Crippen LogP contribution in [0.5, 0.6) is 5.75 Å². The van der Waals surface area contributed by atoms with Crippen molar-refractivity contribution in [1.82, 2.24) is 5.32 Å². The van der Waals surface area contributed by atoms with Crippen LogP contribution in [0.25, 0.3) is 0 Å². The maximum atomic E-state index is 12.3. The van der Waals surface area contributed by atoms with Crippen molar-refractivity contribution in [3.05, 3.63) is 53.5 Å². The highest BCUT2D eigenvalue weighted by Gasteiger charge is 2.41. The minimum atomic E-state index is -0.969. The standard InChI is InChI=1S/C19H20N2O4S/c1-26(23)19(9-4-10-19)13-21-18(22)17-8-7-15(25-17)12-24-16-6-3-2-5-14(16)11-20/h2-3,5-8H,4,9-10,12-13H2,1H3,(H,21,22). The molecule has 1 N–H and O–H groups in total. The molecule has 2 aromatic rings. The van der Waals surface area contributed by atoms with Gasteiger partial charge in [0, 0.05) is 23.6 Å². The number of hydrogen-bond acceptors (Lipinski definition) is 5. The number of rotatable bonds is 7. The zero-order valence-electron chi connectivity index (χ0n) is 14.5. The van der Waals surface area contributed by atoms with Crippen LogP contribution in [-0.4, -0.2) is 27.7 Å². The summed E-state index contributed by atoms with van der Waals surface area (Å²) in [6.07, 6.45) is 4.46. The molecule has 1 amide bonds. The van der Waals surface area contributed by atoms with E-state index >= 15 is 0 Å². The van der Waals surface area contributed by atoms with Gasteiger partial charge in [0.2, 0.25) is 0 Å². The van der Waals surface area contributed by atoms with Crippen LogP contribution in [0.3, 0.4) is 0 Å². The summed E-state index contributed by atoms with van der Waals surface area (Å²) in [7, 11) is -0.969. The van der Waals surface area contributed by atoms with Crippen LogP contribution in [0, 0.1) is 11.3 Å². The molecule has 1 atom stereocenters. The Bertz CT molecular complexity index is 864. The lowest BCUT2D eigenvalue weighted by Gasteiger charge is -2.39. The van der Waals surface area contributed by atoms with Crippen molar-refractivity contribution in [2.45, 2.75) is 30.6 Å². The zero-order valence-corrected chi connectivity index (χ0v) is 15.3. The number of furan rings is 1. The quantitative estimate of drug-likeness (QED) is 0.807. The summed E-state index contributed by atoms with van der Waals surface area (Å²) < 4.78 is 22.7. The second-order valence-corrected chi connectivity index (χ2v) is 8.11. The number of ether oxygens (including phenoxy) is 1. The molecular formula is C19H20N2O4S. The number of nitrogens with one attached hydrogen (secondary N) is 1. The molecule has 1 aliphatic carbocycles. The van der Waals surface area contributed by atoms with E-state index in [0.717, 1.165) is 19.3 Å². The summed E-state index contributed by atoms with van der Waals surface area (Å²) in [6.45, 7) is 0.506. The zero-order chi connectivity index (χ0) is 18.6. The summed E-state index contributed by atoms with van der Waals surface area (Å²) in [5, 5.41) is 11.9. The third-order valence-electron chi connectivity index (χ3n) is 4.71. The van der Waals surface area contributed by atoms with Gasteiger partial charge in [-0.3, -0.25) is 9.00 Å². The fraction of sp³-hybridized carbons (Fsp3) is 0.368. The first-order valence-electron chi connectivity index (χ1n) is 8.36. The maximum Gasteiger partial charge on any atom is 0.287 e. The topological polar surface area (TPSA) is 92.3 Å². The first-order chi connectivity index (χ1) is 12.5. The third-order valence-corrected chi connectivity index (χ3v) is 6.48. The third kappa shape index (κ3) is 3.81. The van der Waals surface area contributed by atoms with E-state index in [4.69, 9.17) is 14.4 Å². The minimum absolute atomic E-state index is 0.120. The molecule has 7 heteroatoms. The second-order valence-electron chi connectivity index (χ2n) is 6.34. The normalized spacial score (nSPS) is 16.2. The first-order valence-corrected chi connectivity index (χ1v) is 9.92. The van der Waals surface area contributed by atoms with Gasteiger partial charge in [0.1, 0.15) is 24.2 Å². The van der Waals surface area contributed by atoms with E-state index in [1.54, 1.807) is 42.7 Å². The highest BCUT2D eigenvalue weighted by atomic mass is 32.2. The Morgan fingerprint density at radius 2 is 2.12 bits per heavy atom. The Balaban J connectivity index is 1.56. The van der Waals surface area contributed by atoms with E-state index in [1.165, 1.54) is 0 Å². The van der Waals surface area contributed by atoms with Crippen molar-refractivity contribution < 1.29 is 18.2 Å². The number of carbonyl (C=O) groups is 1. The molecule has 0 bridgehead atoms. The van der Waals surface area contributed by atoms with Gasteiger partial charge in [0.25, 0.3) is 5.91 Å². The van der Waals surface area contributed by atoms with E-state index in [2.05, 4.69) is 11.4 Å². The number of carbonyl (C=O) groups excluding carboxylic acids is 1. The number of hydrogen-bond donors (Lipinski definition) is 1. The predicted octanol–water partition coefficient (Wildman–Crippen LogP) is 2.76. The Labute approximate surface area is 154 Å². The van der Waals surface area contributed by atoms with Crippen LogP contribution in [0.4, 0.5) is 0 Å². The van der Waals surface area contributed by atoms with Crippen LogP contribution in [0.15, 0.2) is 40.8 Å². The van der Waals surface area contributed by atoms with Crippen LogP contribution in [0.1, 0.15) is 41.1 Å². The molecule has 0 saturated heterocycles. The van der Waals surface area contributed by atoms with E-state index < -0.39 is 10.8 Å². The van der Waals surface area contributed by atoms with Gasteiger partial charge in [-0.1, -0.05) is 18.6 Å². The molecule has 1 saturated carbocycles. The molecule has 26 heavy (non-hydrogen) atoms. The molecule has 1 aromatic carbocycles. The first kappa shape index (κ1) is 18.2. The molecule has 1 aromatic heterocycles. The molecular weight excluding hydrogens is 352 g/mol. The Morgan fingerprint density at radius 3 is 2.77 bits per heavy atom. The molecule has 1 heterocycles. The van der Waals surface area contributed by atoms with Crippen LogP contribution < -0.4 is 10.1 Å². The summed E-state index contributed by atoms with van der Waals surface area (Å²) >= 11 is 0. The SMILES string of the molecule is CS(=O)C1(CNC(=O)c2ccc(COc3ccccc3C#N)o2)CCC1. The molecule has 136 valence electrons. The van der Waals surface area contributed by atoms with Crippen molar-refractivity contribution >= 4 is 16.7 Å². The van der Waals surface area contributed by atoms with Crippen LogP contribution in [-0.2, 0) is 17.4 Å². The molecule has 3 rings (SSSR count). The highest BCUT2D eigenvalue weighted by molar-refractivity contribution is 7.85. The average molecular weight is 372 g/mol. The van der Waals surface area contributed by atoms with Gasteiger partial charge in [-0.25, -0.2) is 0 Å². The molecule has 1 aliphatic rings. The van der Waals surface area contributed by atoms with Gasteiger partial charge < -0.3 is 14.5 Å². The lowest BCUT2D eigenvalue weighted by atomic mass is 9.84. The summed E-state index contributed by atoms with van der Waals surface area (Å²) in [4.78, 5) is 12.3. The molecule has 1 unspecified atom stereocenters. The van der Waals surface area contributed by atoms with Gasteiger partial charge in [0.05, 0.1) is 10.3 Å². The van der Waals surface area contributed by atoms with Crippen molar-refractivity contribution in [3.8, 4) is 11.8 Å². The predicted molar refractivity (Wildman–Crippen MR) is 97.2 cm³/mol. The number of nitriles is 1. The molecule has 1 fully saturated rings. The smallest absolute Gasteiger partial charge is 0.287 e. The number of benzene rings is 1. The molecule has 0 spiro atoms. The number of para-hydroxylation sites is 1. The monoisotopic (exact) mass is 372 g/mol. The highest BCUT2D eigenvalue weighted by Crippen LogP contribution is 2.36. The average Bonchev–Trinajstić information content (AvgIpc) is 3.08. The lowest BCUT2D eigenvalue weighted by molar-refractivity contribution is 0.0911. The summed E-state index contributed by atoms with van der Waals surface area (Å²) in [5.41, 5.74) is 0.440. The van der Waals surface area contributed by atoms with E-state index in [1.807, 2.05) is 0 Å². The van der Waals surface area contributed by atoms with E-state index in [0.29, 0.717) is 23.6 Å². The second kappa shape index (κ2) is 7.75. The molecule has 0 aliphatic heterocycles. The Morgan fingerprint density at radius 1 is 1.35 bits per heavy atom. The van der Waals surface area contributed by atoms with Crippen LogP contribution >= 0.6 is 0 Å². The van der Waals surface area contributed by atoms with Gasteiger partial charge in [0.15, 0.2) is 5.76 Å². The van der Waals surface area contributed by atoms with Crippen molar-refractivity contribution in [3.63, 3.8) is 0 Å². The minimum Gasteiger partial charge on any atom is -0.484 e. The van der Waals surface area contributed by atoms with Gasteiger partial charge in [-0.05, 0) is 37.1 Å². The fourth-order valence-electron chi connectivity index (χ4n) is 2.88. The lowest BCUT2D eigenvalue weighted by Crippen LogP contribution is -2.50. The Hall–Kier alpha value is -2.59. The van der Waals surface area contributed by atoms with Crippen molar-refractivity contribution in [1.29, 1.82) is 5.26 Å². The maximum absolute atomic E-state index is 12.3. The molecule has 0 radical (unpaired) electrons. The van der Waals surface area contributed by atoms with Crippen LogP contribution in [0.2, 0.25) is 0 Å². The summed E-state index contributed by atoms with van der Waals surface area (Å²) in [5.74, 6) is 0.814. The fourth-order valence-corrected chi connectivity index (χ4v) is 4.02. The van der Waals surface area contributed by atoms with Crippen molar-refractivity contribution in [2.24, 2.45) is 0 Å². The Kier molecular flexibility index (Phi) is 5.43. The number of amides is 1.